The van der Waals surface area contributed by atoms with Crippen molar-refractivity contribution < 1.29 is 14.6 Å². The van der Waals surface area contributed by atoms with Crippen LogP contribution < -0.4 is 9.47 Å². The summed E-state index contributed by atoms with van der Waals surface area (Å²) in [6.45, 7) is 3.51. The molecule has 3 heteroatoms. The highest BCUT2D eigenvalue weighted by atomic mass is 16.6. The maximum Gasteiger partial charge on any atom is 0.164 e. The number of aliphatic hydroxyl groups is 1. The van der Waals surface area contributed by atoms with E-state index in [2.05, 4.69) is 6.92 Å². The van der Waals surface area contributed by atoms with Crippen molar-refractivity contribution in [1.82, 2.24) is 0 Å². The number of rotatable bonds is 3. The summed E-state index contributed by atoms with van der Waals surface area (Å²) in [6.07, 6.45) is 1.61. The number of ether oxygens (including phenoxy) is 2. The standard InChI is InChI=1S/C12H16O3/c1-9-4-5-11-12(15-8-7-14-11)10(9)3-2-6-13/h4-5,13H,2-3,6-8H2,1H3. The maximum atomic E-state index is 8.85. The second-order valence-electron chi connectivity index (χ2n) is 3.71. The highest BCUT2D eigenvalue weighted by Gasteiger charge is 2.17. The zero-order chi connectivity index (χ0) is 10.7. The molecule has 2 rings (SSSR count). The predicted octanol–water partition coefficient (Wildman–Crippen LogP) is 1.69. The van der Waals surface area contributed by atoms with Gasteiger partial charge in [0.1, 0.15) is 13.2 Å². The normalized spacial score (nSPS) is 14.0. The molecule has 1 aliphatic rings. The van der Waals surface area contributed by atoms with Crippen LogP contribution in [0.3, 0.4) is 0 Å². The Morgan fingerprint density at radius 2 is 2.07 bits per heavy atom. The van der Waals surface area contributed by atoms with Gasteiger partial charge in [-0.25, -0.2) is 0 Å². The largest absolute Gasteiger partial charge is 0.486 e. The predicted molar refractivity (Wildman–Crippen MR) is 57.6 cm³/mol. The molecule has 0 spiro atoms. The molecule has 0 fully saturated rings. The van der Waals surface area contributed by atoms with Gasteiger partial charge in [-0.1, -0.05) is 6.07 Å². The third-order valence-corrected chi connectivity index (χ3v) is 2.63. The van der Waals surface area contributed by atoms with Crippen LogP contribution in [0, 0.1) is 6.92 Å². The molecular formula is C12H16O3. The number of hydrogen-bond acceptors (Lipinski definition) is 3. The molecule has 0 unspecified atom stereocenters. The molecule has 0 aliphatic carbocycles. The zero-order valence-electron chi connectivity index (χ0n) is 8.95. The van der Waals surface area contributed by atoms with Gasteiger partial charge >= 0.3 is 0 Å². The van der Waals surface area contributed by atoms with Gasteiger partial charge in [-0.05, 0) is 31.4 Å². The molecule has 0 radical (unpaired) electrons. The molecule has 82 valence electrons. The van der Waals surface area contributed by atoms with E-state index in [4.69, 9.17) is 14.6 Å². The van der Waals surface area contributed by atoms with Gasteiger partial charge in [0, 0.05) is 12.2 Å². The van der Waals surface area contributed by atoms with E-state index in [9.17, 15) is 0 Å². The van der Waals surface area contributed by atoms with E-state index in [1.54, 1.807) is 0 Å². The van der Waals surface area contributed by atoms with Crippen LogP contribution in [-0.2, 0) is 6.42 Å². The lowest BCUT2D eigenvalue weighted by Crippen LogP contribution is -2.17. The summed E-state index contributed by atoms with van der Waals surface area (Å²) in [6, 6.07) is 3.99. The van der Waals surface area contributed by atoms with Gasteiger partial charge in [-0.2, -0.15) is 0 Å². The Morgan fingerprint density at radius 1 is 1.27 bits per heavy atom. The Bertz CT molecular complexity index is 347. The first-order chi connectivity index (χ1) is 7.33. The lowest BCUT2D eigenvalue weighted by molar-refractivity contribution is 0.169. The Balaban J connectivity index is 2.32. The first kappa shape index (κ1) is 10.3. The smallest absolute Gasteiger partial charge is 0.164 e. The molecule has 1 aliphatic heterocycles. The Morgan fingerprint density at radius 3 is 2.87 bits per heavy atom. The topological polar surface area (TPSA) is 38.7 Å². The monoisotopic (exact) mass is 208 g/mol. The first-order valence-corrected chi connectivity index (χ1v) is 5.32. The van der Waals surface area contributed by atoms with Crippen molar-refractivity contribution >= 4 is 0 Å². The number of benzene rings is 1. The van der Waals surface area contributed by atoms with E-state index in [1.807, 2.05) is 12.1 Å². The lowest BCUT2D eigenvalue weighted by Gasteiger charge is -2.22. The summed E-state index contributed by atoms with van der Waals surface area (Å²) >= 11 is 0. The van der Waals surface area contributed by atoms with Crippen LogP contribution >= 0.6 is 0 Å². The van der Waals surface area contributed by atoms with Crippen LogP contribution in [-0.4, -0.2) is 24.9 Å². The summed E-state index contributed by atoms with van der Waals surface area (Å²) in [5.41, 5.74) is 2.37. The van der Waals surface area contributed by atoms with Crippen LogP contribution in [0.2, 0.25) is 0 Å². The van der Waals surface area contributed by atoms with Crippen LogP contribution in [0.15, 0.2) is 12.1 Å². The fraction of sp³-hybridized carbons (Fsp3) is 0.500. The van der Waals surface area contributed by atoms with Crippen molar-refractivity contribution in [3.05, 3.63) is 23.3 Å². The van der Waals surface area contributed by atoms with Crippen molar-refractivity contribution in [2.24, 2.45) is 0 Å². The molecule has 0 atom stereocenters. The molecule has 0 bridgehead atoms. The van der Waals surface area contributed by atoms with E-state index >= 15 is 0 Å². The number of aliphatic hydroxyl groups excluding tert-OH is 1. The van der Waals surface area contributed by atoms with Gasteiger partial charge in [0.15, 0.2) is 11.5 Å². The SMILES string of the molecule is Cc1ccc2c(c1CCCO)OCCO2. The Labute approximate surface area is 89.6 Å². The minimum atomic E-state index is 0.212. The third-order valence-electron chi connectivity index (χ3n) is 2.63. The fourth-order valence-corrected chi connectivity index (χ4v) is 1.84. The Hall–Kier alpha value is -1.22. The average molecular weight is 208 g/mol. The van der Waals surface area contributed by atoms with Gasteiger partial charge in [0.25, 0.3) is 0 Å². The molecule has 1 N–H and O–H groups in total. The summed E-state index contributed by atoms with van der Waals surface area (Å²) in [5.74, 6) is 1.70. The summed E-state index contributed by atoms with van der Waals surface area (Å²) < 4.78 is 11.1. The third kappa shape index (κ3) is 2.07. The molecule has 1 aromatic rings. The fourth-order valence-electron chi connectivity index (χ4n) is 1.84. The quantitative estimate of drug-likeness (QED) is 0.821. The van der Waals surface area contributed by atoms with Crippen molar-refractivity contribution in [3.63, 3.8) is 0 Å². The van der Waals surface area contributed by atoms with E-state index < -0.39 is 0 Å². The minimum Gasteiger partial charge on any atom is -0.486 e. The van der Waals surface area contributed by atoms with Crippen molar-refractivity contribution in [2.45, 2.75) is 19.8 Å². The lowest BCUT2D eigenvalue weighted by atomic mass is 10.0. The minimum absolute atomic E-state index is 0.212. The number of aryl methyl sites for hydroxylation is 1. The molecule has 1 heterocycles. The number of hydrogen-bond donors (Lipinski definition) is 1. The summed E-state index contributed by atoms with van der Waals surface area (Å²) in [7, 11) is 0. The highest BCUT2D eigenvalue weighted by molar-refractivity contribution is 5.51. The van der Waals surface area contributed by atoms with Crippen LogP contribution in [0.5, 0.6) is 11.5 Å². The van der Waals surface area contributed by atoms with Gasteiger partial charge in [0.2, 0.25) is 0 Å². The van der Waals surface area contributed by atoms with Gasteiger partial charge in [-0.3, -0.25) is 0 Å². The van der Waals surface area contributed by atoms with Crippen molar-refractivity contribution in [3.8, 4) is 11.5 Å². The molecule has 0 saturated carbocycles. The summed E-state index contributed by atoms with van der Waals surface area (Å²) in [4.78, 5) is 0. The summed E-state index contributed by atoms with van der Waals surface area (Å²) in [5, 5.41) is 8.85. The van der Waals surface area contributed by atoms with Crippen LogP contribution in [0.1, 0.15) is 17.5 Å². The maximum absolute atomic E-state index is 8.85. The molecular weight excluding hydrogens is 192 g/mol. The van der Waals surface area contributed by atoms with Crippen LogP contribution in [0.4, 0.5) is 0 Å². The van der Waals surface area contributed by atoms with Crippen LogP contribution in [0.25, 0.3) is 0 Å². The number of fused-ring (bicyclic) bond motifs is 1. The second kappa shape index (κ2) is 4.53. The first-order valence-electron chi connectivity index (χ1n) is 5.32. The molecule has 3 nitrogen and oxygen atoms in total. The van der Waals surface area contributed by atoms with E-state index in [-0.39, 0.29) is 6.61 Å². The van der Waals surface area contributed by atoms with Gasteiger partial charge in [0.05, 0.1) is 0 Å². The molecule has 0 aromatic heterocycles. The average Bonchev–Trinajstić information content (AvgIpc) is 2.28. The van der Waals surface area contributed by atoms with E-state index in [1.165, 1.54) is 11.1 Å². The van der Waals surface area contributed by atoms with E-state index in [0.717, 1.165) is 24.3 Å². The molecule has 15 heavy (non-hydrogen) atoms. The van der Waals surface area contributed by atoms with E-state index in [0.29, 0.717) is 13.2 Å². The van der Waals surface area contributed by atoms with Gasteiger partial charge < -0.3 is 14.6 Å². The van der Waals surface area contributed by atoms with Crippen molar-refractivity contribution in [1.29, 1.82) is 0 Å². The Kier molecular flexibility index (Phi) is 3.11. The second-order valence-corrected chi connectivity index (χ2v) is 3.71. The van der Waals surface area contributed by atoms with Gasteiger partial charge in [-0.15, -0.1) is 0 Å². The zero-order valence-corrected chi connectivity index (χ0v) is 8.95. The molecule has 0 saturated heterocycles. The molecule has 1 aromatic carbocycles. The highest BCUT2D eigenvalue weighted by Crippen LogP contribution is 2.36. The molecule has 0 amide bonds. The van der Waals surface area contributed by atoms with Crippen molar-refractivity contribution in [2.75, 3.05) is 19.8 Å².